The molecule has 14 nitrogen and oxygen atoms in total. The number of Topliss-reactive ketones (excluding diaryl/α,β-unsaturated/α-hetero) is 1. The molecule has 0 amide bonds. The number of rotatable bonds is 28. The van der Waals surface area contributed by atoms with Crippen LogP contribution >= 0.6 is 27.0 Å². The van der Waals surface area contributed by atoms with Gasteiger partial charge in [0.25, 0.3) is 11.1 Å². The smallest absolute Gasteiger partial charge is 0.419 e. The number of hydrogen-bond donors (Lipinski definition) is 2. The van der Waals surface area contributed by atoms with E-state index < -0.39 is 142 Å². The lowest BCUT2D eigenvalue weighted by Crippen LogP contribution is -2.32. The summed E-state index contributed by atoms with van der Waals surface area (Å²) in [7, 11) is 7.94. The number of ether oxygens (including phenoxy) is 2. The SMILES string of the molecule is CCOC(=O)C[C@H](CC(=O)C(CC(C)C)n1cc(CCCN(C)C)c(C)cc1=O)c1c(F)c(-c2c(C)cc(C)cc2C)cc(C(F)(F)F)c1F.CCOC(=O)C[C@H](N)c1c(F)c(-c2c(C)cc(C)cc2C)cc(C(F)(F)F)c1F.Cc1cc(=O)n(C(CC(C)C)C(=O)O)cc1CCCN(C)C.S.S. The maximum Gasteiger partial charge on any atom is 0.419 e. The second-order valence-electron chi connectivity index (χ2n) is 27.5. The number of carbonyl (C=O) groups is 4. The molecule has 6 rings (SSSR count). The zero-order valence-corrected chi connectivity index (χ0v) is 64.3. The number of ketones is 1. The molecule has 0 aliphatic carbocycles. The van der Waals surface area contributed by atoms with Crippen LogP contribution in [0.15, 0.2) is 70.5 Å². The van der Waals surface area contributed by atoms with Gasteiger partial charge >= 0.3 is 30.3 Å². The fourth-order valence-corrected chi connectivity index (χ4v) is 12.7. The topological polar surface area (TPSA) is 183 Å². The number of benzene rings is 4. The molecule has 0 saturated carbocycles. The van der Waals surface area contributed by atoms with Crippen LogP contribution in [0.4, 0.5) is 43.9 Å². The summed E-state index contributed by atoms with van der Waals surface area (Å²) in [4.78, 5) is 80.0. The molecule has 0 fully saturated rings. The number of esters is 2. The van der Waals surface area contributed by atoms with Gasteiger partial charge in [-0.3, -0.25) is 24.0 Å². The summed E-state index contributed by atoms with van der Waals surface area (Å²) in [5, 5.41) is 9.44. The molecular weight excluding hydrogens is 1390 g/mol. The van der Waals surface area contributed by atoms with Gasteiger partial charge in [0.15, 0.2) is 5.78 Å². The van der Waals surface area contributed by atoms with Gasteiger partial charge in [-0.25, -0.2) is 22.4 Å². The Morgan fingerprint density at radius 1 is 0.515 bits per heavy atom. The van der Waals surface area contributed by atoms with Crippen LogP contribution in [0.25, 0.3) is 22.3 Å². The number of carboxylic acids is 1. The van der Waals surface area contributed by atoms with E-state index >= 15 is 13.2 Å². The molecule has 2 aromatic heterocycles. The number of halogens is 10. The minimum Gasteiger partial charge on any atom is -0.480 e. The standard InChI is InChI=1S/C39H49F5N2O4.C21H22F5NO2.C17H28N2O3.2H2S/c1-10-50-34(49)19-28(18-32(47)31(14-22(2)3)46-21-27(12-11-13-45(8)9)24(5)17-33(46)48)36-37(40)29(20-30(38(36)41)39(42,43)44)35-25(6)15-23(4)16-26(35)7;1-5-29-16(28)9-15(27)18-19(22)13(8-14(20(18)23)21(24,25)26)17-11(3)6-10(2)7-12(17)4;1-12(2)9-15(17(21)22)19-11-14(7-6-8-18(4)5)13(3)10-16(19)20;;/h15-17,20-22,28,31H,10-14,18-19H2,1-9H3;6-8,15H,5,9,27H2,1-4H3;10-12,15H,6-9H2,1-5H3,(H,21,22);2*1H2/t28-,31?;15-;;;/m00.../s1. The molecule has 2 unspecified atom stereocenters. The van der Waals surface area contributed by atoms with Gasteiger partial charge in [0, 0.05) is 65.2 Å². The zero-order valence-electron chi connectivity index (χ0n) is 62.3. The third-order valence-electron chi connectivity index (χ3n) is 17.2. The molecule has 0 bridgehead atoms. The number of carboxylic acid groups (broad SMARTS) is 1. The number of pyridine rings is 2. The maximum absolute atomic E-state index is 16.7. The van der Waals surface area contributed by atoms with Crippen LogP contribution in [0.3, 0.4) is 0 Å². The molecule has 4 atom stereocenters. The van der Waals surface area contributed by atoms with Crippen LogP contribution in [0, 0.1) is 90.5 Å². The maximum atomic E-state index is 16.7. The van der Waals surface area contributed by atoms with Crippen molar-refractivity contribution in [2.24, 2.45) is 17.6 Å². The fourth-order valence-electron chi connectivity index (χ4n) is 12.7. The Hall–Kier alpha value is -7.26. The highest BCUT2D eigenvalue weighted by Crippen LogP contribution is 2.45. The van der Waals surface area contributed by atoms with E-state index in [1.54, 1.807) is 91.2 Å². The van der Waals surface area contributed by atoms with Crippen molar-refractivity contribution in [3.63, 3.8) is 0 Å². The lowest BCUT2D eigenvalue weighted by atomic mass is 9.82. The first-order chi connectivity index (χ1) is 46.9. The van der Waals surface area contributed by atoms with E-state index in [1.165, 1.54) is 29.0 Å². The predicted octanol–water partition coefficient (Wildman–Crippen LogP) is 16.9. The van der Waals surface area contributed by atoms with Crippen LogP contribution in [-0.4, -0.2) is 102 Å². The predicted molar refractivity (Wildman–Crippen MR) is 394 cm³/mol. The first-order valence-corrected chi connectivity index (χ1v) is 33.8. The molecule has 0 aliphatic rings. The lowest BCUT2D eigenvalue weighted by Gasteiger charge is -2.26. The Morgan fingerprint density at radius 3 is 1.21 bits per heavy atom. The summed E-state index contributed by atoms with van der Waals surface area (Å²) >= 11 is 0. The summed E-state index contributed by atoms with van der Waals surface area (Å²) in [6.45, 7) is 26.1. The monoisotopic (exact) mass is 1500 g/mol. The van der Waals surface area contributed by atoms with Gasteiger partial charge in [-0.15, -0.1) is 0 Å². The number of aryl methyl sites for hydroxylation is 10. The largest absolute Gasteiger partial charge is 0.480 e. The molecule has 0 saturated heterocycles. The average Bonchev–Trinajstić information content (AvgIpc) is 0.760. The van der Waals surface area contributed by atoms with Gasteiger partial charge in [0.2, 0.25) is 0 Å². The molecule has 0 aliphatic heterocycles. The van der Waals surface area contributed by atoms with Crippen molar-refractivity contribution in [3.05, 3.63) is 183 Å². The summed E-state index contributed by atoms with van der Waals surface area (Å²) < 4.78 is 159. The van der Waals surface area contributed by atoms with Gasteiger partial charge < -0.3 is 39.2 Å². The number of hydrogen-bond acceptors (Lipinski definition) is 11. The highest BCUT2D eigenvalue weighted by Gasteiger charge is 2.42. The van der Waals surface area contributed by atoms with E-state index in [9.17, 15) is 64.6 Å². The van der Waals surface area contributed by atoms with Gasteiger partial charge in [0.05, 0.1) is 43.2 Å². The highest BCUT2D eigenvalue weighted by atomic mass is 32.1. The summed E-state index contributed by atoms with van der Waals surface area (Å²) in [5.74, 6) is -11.2. The molecule has 103 heavy (non-hydrogen) atoms. The Bertz CT molecular complexity index is 3990. The van der Waals surface area contributed by atoms with Crippen molar-refractivity contribution < 1.29 is 77.7 Å². The summed E-state index contributed by atoms with van der Waals surface area (Å²) in [6, 6.07) is 7.12. The molecule has 4 aromatic carbocycles. The number of aromatic nitrogens is 2. The van der Waals surface area contributed by atoms with Crippen molar-refractivity contribution in [1.82, 2.24) is 18.9 Å². The van der Waals surface area contributed by atoms with Crippen LogP contribution in [-0.2, 0) is 53.8 Å². The number of aliphatic carboxylic acids is 1. The van der Waals surface area contributed by atoms with Gasteiger partial charge in [0.1, 0.15) is 29.3 Å². The molecule has 0 radical (unpaired) electrons. The quantitative estimate of drug-likeness (QED) is 0.0351. The number of nitrogens with two attached hydrogens (primary N) is 1. The second kappa shape index (κ2) is 40.3. The minimum absolute atomic E-state index is 0. The van der Waals surface area contributed by atoms with Crippen molar-refractivity contribution in [2.75, 3.05) is 54.5 Å². The summed E-state index contributed by atoms with van der Waals surface area (Å²) in [5.41, 5.74) is 6.45. The van der Waals surface area contributed by atoms with Crippen molar-refractivity contribution >= 4 is 50.7 Å². The highest BCUT2D eigenvalue weighted by molar-refractivity contribution is 7.59. The van der Waals surface area contributed by atoms with E-state index in [-0.39, 0.29) is 75.1 Å². The number of alkyl halides is 6. The van der Waals surface area contributed by atoms with Gasteiger partial charge in [-0.2, -0.15) is 53.3 Å². The Balaban J connectivity index is 0.000000575. The van der Waals surface area contributed by atoms with Crippen molar-refractivity contribution in [3.8, 4) is 22.3 Å². The third-order valence-corrected chi connectivity index (χ3v) is 17.2. The second-order valence-corrected chi connectivity index (χ2v) is 27.5. The van der Waals surface area contributed by atoms with Gasteiger partial charge in [-0.05, 0) is 229 Å². The van der Waals surface area contributed by atoms with Crippen molar-refractivity contribution in [1.29, 1.82) is 0 Å². The first-order valence-electron chi connectivity index (χ1n) is 33.8. The molecule has 26 heteroatoms. The van der Waals surface area contributed by atoms with E-state index in [4.69, 9.17) is 15.2 Å². The Morgan fingerprint density at radius 2 is 0.864 bits per heavy atom. The first kappa shape index (κ1) is 91.8. The van der Waals surface area contributed by atoms with E-state index in [0.717, 1.165) is 65.7 Å². The zero-order chi connectivity index (χ0) is 76.6. The summed E-state index contributed by atoms with van der Waals surface area (Å²) in [6.07, 6.45) is -5.18. The van der Waals surface area contributed by atoms with Crippen LogP contribution in [0.5, 0.6) is 0 Å². The minimum atomic E-state index is -5.22. The van der Waals surface area contributed by atoms with E-state index in [1.807, 2.05) is 67.7 Å². The van der Waals surface area contributed by atoms with E-state index in [2.05, 4.69) is 4.90 Å². The van der Waals surface area contributed by atoms with Crippen LogP contribution in [0.2, 0.25) is 0 Å². The van der Waals surface area contributed by atoms with Crippen LogP contribution < -0.4 is 16.9 Å². The molecule has 3 N–H and O–H groups in total. The molecule has 2 heterocycles. The molecule has 572 valence electrons. The number of nitrogens with zero attached hydrogens (tertiary/aromatic N) is 4. The van der Waals surface area contributed by atoms with E-state index in [0.29, 0.717) is 47.2 Å². The average molecular weight is 1500 g/mol. The normalized spacial score (nSPS) is 12.7. The van der Waals surface area contributed by atoms with Gasteiger partial charge in [-0.1, -0.05) is 63.1 Å². The van der Waals surface area contributed by atoms with Crippen LogP contribution in [0.1, 0.15) is 188 Å². The number of carbonyl (C=O) groups excluding carboxylic acids is 3. The van der Waals surface area contributed by atoms with Crippen molar-refractivity contribution in [2.45, 2.75) is 191 Å². The molecular formula is C77H103F10N5O9S2. The lowest BCUT2D eigenvalue weighted by molar-refractivity contribution is -0.144. The third kappa shape index (κ3) is 25.5. The molecule has 6 aromatic rings. The molecule has 0 spiro atoms. The Labute approximate surface area is 612 Å². The fraction of sp³-hybridized carbons (Fsp3) is 0.506. The Kier molecular flexibility index (Phi) is 35.9.